The van der Waals surface area contributed by atoms with Crippen LogP contribution in [0.15, 0.2) is 0 Å². The molecule has 0 spiro atoms. The van der Waals surface area contributed by atoms with Gasteiger partial charge in [0.1, 0.15) is 0 Å². The number of hydrogen-bond donors (Lipinski definition) is 0. The maximum absolute atomic E-state index is 2.51. The Morgan fingerprint density at radius 1 is 0.667 bits per heavy atom. The molecule has 0 heteroatoms. The van der Waals surface area contributed by atoms with Gasteiger partial charge in [-0.2, -0.15) is 0 Å². The van der Waals surface area contributed by atoms with Gasteiger partial charge in [0.05, 0.1) is 0 Å². The van der Waals surface area contributed by atoms with Crippen LogP contribution in [0.1, 0.15) is 87.0 Å². The Labute approximate surface area is 117 Å². The monoisotopic (exact) mass is 254 g/mol. The first-order valence-corrected chi connectivity index (χ1v) is 8.53. The molecule has 0 aromatic heterocycles. The van der Waals surface area contributed by atoms with E-state index in [9.17, 15) is 0 Å². The molecule has 0 N–H and O–H groups in total. The Morgan fingerprint density at radius 2 is 1.22 bits per heavy atom. The second-order valence-corrected chi connectivity index (χ2v) is 6.51. The van der Waals surface area contributed by atoms with Crippen LogP contribution in [-0.2, 0) is 0 Å². The Hall–Kier alpha value is 0. The molecular formula is C18H38. The normalized spacial score (nSPS) is 20.2. The van der Waals surface area contributed by atoms with Gasteiger partial charge in [-0.3, -0.25) is 0 Å². The molecule has 0 rings (SSSR count). The zero-order chi connectivity index (χ0) is 14.1. The average molecular weight is 255 g/mol. The largest absolute Gasteiger partial charge is 0.0654 e. The summed E-state index contributed by atoms with van der Waals surface area (Å²) in [6.45, 7) is 16.9. The predicted molar refractivity (Wildman–Crippen MR) is 84.9 cm³/mol. The van der Waals surface area contributed by atoms with Crippen LogP contribution in [0.4, 0.5) is 0 Å². The summed E-state index contributed by atoms with van der Waals surface area (Å²) in [7, 11) is 0. The average Bonchev–Trinajstić information content (AvgIpc) is 2.40. The van der Waals surface area contributed by atoms with E-state index in [2.05, 4.69) is 48.5 Å². The Kier molecular flexibility index (Phi) is 9.87. The molecule has 110 valence electrons. The summed E-state index contributed by atoms with van der Waals surface area (Å²) in [6.07, 6.45) is 8.23. The van der Waals surface area contributed by atoms with Crippen molar-refractivity contribution in [2.45, 2.75) is 87.0 Å². The fourth-order valence-corrected chi connectivity index (χ4v) is 3.71. The van der Waals surface area contributed by atoms with Crippen LogP contribution in [0.25, 0.3) is 0 Å². The Balaban J connectivity index is 4.61. The SMILES string of the molecule is CCCCC(C)C(C)C(CC)C(CC)C(C)CC. The standard InChI is InChI=1S/C18H38/c1-8-12-13-15(6)16(7)18(11-4)17(10-3)14(5)9-2/h14-18H,8-13H2,1-7H3. The van der Waals surface area contributed by atoms with E-state index in [0.717, 1.165) is 29.6 Å². The lowest BCUT2D eigenvalue weighted by atomic mass is 9.68. The molecule has 0 heterocycles. The van der Waals surface area contributed by atoms with E-state index in [4.69, 9.17) is 0 Å². The molecule has 0 bridgehead atoms. The van der Waals surface area contributed by atoms with Gasteiger partial charge < -0.3 is 0 Å². The first-order valence-electron chi connectivity index (χ1n) is 8.53. The molecule has 0 aliphatic heterocycles. The third kappa shape index (κ3) is 5.33. The molecule has 0 aliphatic carbocycles. The maximum atomic E-state index is 2.51. The zero-order valence-electron chi connectivity index (χ0n) is 14.1. The van der Waals surface area contributed by atoms with Gasteiger partial charge in [-0.05, 0) is 29.6 Å². The zero-order valence-corrected chi connectivity index (χ0v) is 14.1. The lowest BCUT2D eigenvalue weighted by molar-refractivity contribution is 0.124. The second-order valence-electron chi connectivity index (χ2n) is 6.51. The molecule has 0 nitrogen and oxygen atoms in total. The molecule has 5 atom stereocenters. The summed E-state index contributed by atoms with van der Waals surface area (Å²) in [5.41, 5.74) is 0. The highest BCUT2D eigenvalue weighted by atomic mass is 14.3. The summed E-state index contributed by atoms with van der Waals surface area (Å²) in [5, 5.41) is 0. The van der Waals surface area contributed by atoms with E-state index < -0.39 is 0 Å². The van der Waals surface area contributed by atoms with Crippen molar-refractivity contribution < 1.29 is 0 Å². The topological polar surface area (TPSA) is 0 Å². The van der Waals surface area contributed by atoms with Crippen LogP contribution >= 0.6 is 0 Å². The first-order chi connectivity index (χ1) is 8.53. The van der Waals surface area contributed by atoms with Gasteiger partial charge >= 0.3 is 0 Å². The Bertz CT molecular complexity index is 184. The quantitative estimate of drug-likeness (QED) is 0.415. The van der Waals surface area contributed by atoms with Crippen molar-refractivity contribution in [2.75, 3.05) is 0 Å². The van der Waals surface area contributed by atoms with Crippen molar-refractivity contribution in [1.29, 1.82) is 0 Å². The number of rotatable bonds is 10. The summed E-state index contributed by atoms with van der Waals surface area (Å²) in [4.78, 5) is 0. The predicted octanol–water partition coefficient (Wildman–Crippen LogP) is 6.55. The van der Waals surface area contributed by atoms with Crippen molar-refractivity contribution in [3.63, 3.8) is 0 Å². The van der Waals surface area contributed by atoms with Gasteiger partial charge in [0.2, 0.25) is 0 Å². The van der Waals surface area contributed by atoms with Gasteiger partial charge in [0.15, 0.2) is 0 Å². The van der Waals surface area contributed by atoms with Crippen LogP contribution in [0.3, 0.4) is 0 Å². The van der Waals surface area contributed by atoms with E-state index in [-0.39, 0.29) is 0 Å². The molecule has 5 unspecified atom stereocenters. The smallest absolute Gasteiger partial charge is 0.0358 e. The van der Waals surface area contributed by atoms with Gasteiger partial charge in [-0.25, -0.2) is 0 Å². The van der Waals surface area contributed by atoms with Crippen LogP contribution in [0.5, 0.6) is 0 Å². The Morgan fingerprint density at radius 3 is 1.61 bits per heavy atom. The van der Waals surface area contributed by atoms with Crippen molar-refractivity contribution in [2.24, 2.45) is 29.6 Å². The highest BCUT2D eigenvalue weighted by molar-refractivity contribution is 4.79. The first kappa shape index (κ1) is 18.0. The molecule has 0 radical (unpaired) electrons. The second kappa shape index (κ2) is 9.87. The van der Waals surface area contributed by atoms with E-state index in [1.165, 1.54) is 38.5 Å². The van der Waals surface area contributed by atoms with Crippen molar-refractivity contribution >= 4 is 0 Å². The molecule has 0 saturated carbocycles. The van der Waals surface area contributed by atoms with Crippen LogP contribution in [0, 0.1) is 29.6 Å². The van der Waals surface area contributed by atoms with Gasteiger partial charge in [-0.15, -0.1) is 0 Å². The molecule has 0 aromatic rings. The highest BCUT2D eigenvalue weighted by Gasteiger charge is 2.30. The van der Waals surface area contributed by atoms with E-state index in [0.29, 0.717) is 0 Å². The molecular weight excluding hydrogens is 216 g/mol. The van der Waals surface area contributed by atoms with Gasteiger partial charge in [0, 0.05) is 0 Å². The van der Waals surface area contributed by atoms with Crippen molar-refractivity contribution in [3.8, 4) is 0 Å². The maximum Gasteiger partial charge on any atom is -0.0358 e. The molecule has 18 heavy (non-hydrogen) atoms. The van der Waals surface area contributed by atoms with Crippen LogP contribution in [0.2, 0.25) is 0 Å². The third-order valence-corrected chi connectivity index (χ3v) is 5.45. The fourth-order valence-electron chi connectivity index (χ4n) is 3.71. The molecule has 0 aromatic carbocycles. The van der Waals surface area contributed by atoms with Crippen molar-refractivity contribution in [3.05, 3.63) is 0 Å². The molecule has 0 saturated heterocycles. The van der Waals surface area contributed by atoms with E-state index in [1.54, 1.807) is 0 Å². The minimum absolute atomic E-state index is 0.889. The van der Waals surface area contributed by atoms with Gasteiger partial charge in [-0.1, -0.05) is 87.0 Å². The van der Waals surface area contributed by atoms with Crippen molar-refractivity contribution in [1.82, 2.24) is 0 Å². The summed E-state index contributed by atoms with van der Waals surface area (Å²) >= 11 is 0. The molecule has 0 amide bonds. The lowest BCUT2D eigenvalue weighted by Gasteiger charge is -2.37. The van der Waals surface area contributed by atoms with Crippen LogP contribution < -0.4 is 0 Å². The van der Waals surface area contributed by atoms with Gasteiger partial charge in [0.25, 0.3) is 0 Å². The molecule has 0 fully saturated rings. The van der Waals surface area contributed by atoms with E-state index in [1.807, 2.05) is 0 Å². The summed E-state index contributed by atoms with van der Waals surface area (Å²) in [5.74, 6) is 4.53. The number of hydrogen-bond acceptors (Lipinski definition) is 0. The van der Waals surface area contributed by atoms with E-state index >= 15 is 0 Å². The fraction of sp³-hybridized carbons (Fsp3) is 1.00. The lowest BCUT2D eigenvalue weighted by Crippen LogP contribution is -2.29. The summed E-state index contributed by atoms with van der Waals surface area (Å²) in [6, 6.07) is 0. The minimum atomic E-state index is 0.889. The van der Waals surface area contributed by atoms with Crippen LogP contribution in [-0.4, -0.2) is 0 Å². The summed E-state index contributed by atoms with van der Waals surface area (Å²) < 4.78 is 0. The highest BCUT2D eigenvalue weighted by Crippen LogP contribution is 2.38. The third-order valence-electron chi connectivity index (χ3n) is 5.45. The molecule has 0 aliphatic rings. The number of unbranched alkanes of at least 4 members (excludes halogenated alkanes) is 1. The minimum Gasteiger partial charge on any atom is -0.0654 e.